The van der Waals surface area contributed by atoms with E-state index in [1.807, 2.05) is 18.0 Å². The lowest BCUT2D eigenvalue weighted by atomic mass is 9.85. The summed E-state index contributed by atoms with van der Waals surface area (Å²) >= 11 is 5.17. The molecular formula is C15H22BrClN2OS. The largest absolute Gasteiger partial charge is 0.339 e. The van der Waals surface area contributed by atoms with Crippen LogP contribution in [-0.4, -0.2) is 29.9 Å². The summed E-state index contributed by atoms with van der Waals surface area (Å²) in [6, 6.07) is 4.75. The Morgan fingerprint density at radius 1 is 1.43 bits per heavy atom. The van der Waals surface area contributed by atoms with Gasteiger partial charge in [-0.2, -0.15) is 0 Å². The molecule has 3 atom stereocenters. The van der Waals surface area contributed by atoms with Gasteiger partial charge in [0.15, 0.2) is 0 Å². The van der Waals surface area contributed by atoms with Gasteiger partial charge in [-0.1, -0.05) is 12.8 Å². The van der Waals surface area contributed by atoms with E-state index in [4.69, 9.17) is 0 Å². The fourth-order valence-electron chi connectivity index (χ4n) is 3.52. The van der Waals surface area contributed by atoms with Crippen LogP contribution in [0, 0.1) is 5.92 Å². The Kier molecular flexibility index (Phi) is 6.12. The lowest BCUT2D eigenvalue weighted by Gasteiger charge is -2.24. The molecule has 3 rings (SSSR count). The molecule has 3 nitrogen and oxygen atoms in total. The molecule has 1 saturated heterocycles. The number of halogens is 2. The molecule has 118 valence electrons. The van der Waals surface area contributed by atoms with E-state index in [-0.39, 0.29) is 24.4 Å². The highest BCUT2D eigenvalue weighted by molar-refractivity contribution is 9.11. The number of nitrogens with zero attached hydrogens (tertiary/aromatic N) is 1. The Hall–Kier alpha value is -0.100. The molecule has 2 fully saturated rings. The Bertz CT molecular complexity index is 482. The molecule has 0 spiro atoms. The summed E-state index contributed by atoms with van der Waals surface area (Å²) in [4.78, 5) is 15.6. The molecule has 0 bridgehead atoms. The summed E-state index contributed by atoms with van der Waals surface area (Å²) in [5.74, 6) is 0.978. The fourth-order valence-corrected chi connectivity index (χ4v) is 5.06. The molecule has 21 heavy (non-hydrogen) atoms. The quantitative estimate of drug-likeness (QED) is 0.847. The molecular weight excluding hydrogens is 372 g/mol. The highest BCUT2D eigenvalue weighted by atomic mass is 79.9. The van der Waals surface area contributed by atoms with Crippen LogP contribution in [0.3, 0.4) is 0 Å². The lowest BCUT2D eigenvalue weighted by Crippen LogP contribution is -2.43. The maximum Gasteiger partial charge on any atom is 0.239 e. The Balaban J connectivity index is 0.00000161. The molecule has 1 aromatic rings. The number of rotatable bonds is 3. The number of nitrogens with one attached hydrogen (secondary N) is 1. The van der Waals surface area contributed by atoms with Gasteiger partial charge in [0.2, 0.25) is 5.91 Å². The number of fused-ring (bicyclic) bond motifs is 1. The van der Waals surface area contributed by atoms with Gasteiger partial charge in [0.1, 0.15) is 0 Å². The van der Waals surface area contributed by atoms with Crippen LogP contribution in [0.1, 0.15) is 37.0 Å². The normalized spacial score (nSPS) is 27.8. The SMILES string of the molecule is CN(Cc1ccc(Br)s1)C(=O)C1CC2CCCCC2N1.Cl. The Morgan fingerprint density at radius 2 is 2.19 bits per heavy atom. The van der Waals surface area contributed by atoms with E-state index >= 15 is 0 Å². The predicted octanol–water partition coefficient (Wildman–Crippen LogP) is 3.81. The second-order valence-electron chi connectivity index (χ2n) is 6.01. The van der Waals surface area contributed by atoms with Crippen molar-refractivity contribution in [1.82, 2.24) is 10.2 Å². The molecule has 1 aliphatic heterocycles. The molecule has 1 saturated carbocycles. The van der Waals surface area contributed by atoms with Gasteiger partial charge in [-0.15, -0.1) is 23.7 Å². The second kappa shape index (κ2) is 7.44. The van der Waals surface area contributed by atoms with Gasteiger partial charge in [0, 0.05) is 18.0 Å². The first-order chi connectivity index (χ1) is 9.63. The van der Waals surface area contributed by atoms with Crippen LogP contribution in [0.5, 0.6) is 0 Å². The van der Waals surface area contributed by atoms with E-state index in [1.54, 1.807) is 11.3 Å². The molecule has 1 aromatic heterocycles. The second-order valence-corrected chi connectivity index (χ2v) is 8.55. The molecule has 3 unspecified atom stereocenters. The van der Waals surface area contributed by atoms with Gasteiger partial charge in [0.05, 0.1) is 16.4 Å². The zero-order valence-corrected chi connectivity index (χ0v) is 15.4. The van der Waals surface area contributed by atoms with E-state index in [0.717, 1.165) is 16.1 Å². The molecule has 0 aromatic carbocycles. The average molecular weight is 394 g/mol. The number of amides is 1. The number of likely N-dealkylation sites (N-methyl/N-ethyl adjacent to an activating group) is 1. The predicted molar refractivity (Wildman–Crippen MR) is 93.0 cm³/mol. The van der Waals surface area contributed by atoms with E-state index in [0.29, 0.717) is 12.6 Å². The molecule has 0 radical (unpaired) electrons. The Morgan fingerprint density at radius 3 is 2.86 bits per heavy atom. The van der Waals surface area contributed by atoms with E-state index < -0.39 is 0 Å². The number of hydrogen-bond donors (Lipinski definition) is 1. The average Bonchev–Trinajstić information content (AvgIpc) is 3.03. The van der Waals surface area contributed by atoms with Gasteiger partial charge in [-0.05, 0) is 53.2 Å². The highest BCUT2D eigenvalue weighted by Crippen LogP contribution is 2.33. The van der Waals surface area contributed by atoms with E-state index in [2.05, 4.69) is 27.3 Å². The maximum absolute atomic E-state index is 12.6. The zero-order valence-electron chi connectivity index (χ0n) is 12.2. The fraction of sp³-hybridized carbons (Fsp3) is 0.667. The lowest BCUT2D eigenvalue weighted by molar-refractivity contribution is -0.132. The first-order valence-electron chi connectivity index (χ1n) is 7.38. The summed E-state index contributed by atoms with van der Waals surface area (Å²) in [6.45, 7) is 0.711. The van der Waals surface area contributed by atoms with Gasteiger partial charge in [0.25, 0.3) is 0 Å². The van der Waals surface area contributed by atoms with E-state index in [1.165, 1.54) is 30.6 Å². The van der Waals surface area contributed by atoms with Crippen molar-refractivity contribution in [3.05, 3.63) is 20.8 Å². The third kappa shape index (κ3) is 4.01. The number of thiophene rings is 1. The van der Waals surface area contributed by atoms with Crippen LogP contribution in [-0.2, 0) is 11.3 Å². The molecule has 1 N–H and O–H groups in total. The van der Waals surface area contributed by atoms with Crippen molar-refractivity contribution in [2.75, 3.05) is 7.05 Å². The third-order valence-corrected chi connectivity index (χ3v) is 6.17. The summed E-state index contributed by atoms with van der Waals surface area (Å²) in [5.41, 5.74) is 0. The van der Waals surface area contributed by atoms with Crippen molar-refractivity contribution in [2.24, 2.45) is 5.92 Å². The van der Waals surface area contributed by atoms with Gasteiger partial charge in [-0.25, -0.2) is 0 Å². The first kappa shape index (κ1) is 17.3. The molecule has 2 heterocycles. The van der Waals surface area contributed by atoms with Gasteiger partial charge in [-0.3, -0.25) is 4.79 Å². The van der Waals surface area contributed by atoms with Crippen LogP contribution in [0.25, 0.3) is 0 Å². The molecule has 1 amide bonds. The summed E-state index contributed by atoms with van der Waals surface area (Å²) < 4.78 is 1.12. The van der Waals surface area contributed by atoms with Crippen molar-refractivity contribution in [3.63, 3.8) is 0 Å². The van der Waals surface area contributed by atoms with Crippen LogP contribution >= 0.6 is 39.7 Å². The molecule has 6 heteroatoms. The smallest absolute Gasteiger partial charge is 0.239 e. The minimum atomic E-state index is 0. The molecule has 1 aliphatic carbocycles. The maximum atomic E-state index is 12.6. The van der Waals surface area contributed by atoms with Crippen molar-refractivity contribution in [1.29, 1.82) is 0 Å². The highest BCUT2D eigenvalue weighted by Gasteiger charge is 2.39. The third-order valence-electron chi connectivity index (χ3n) is 4.56. The number of carbonyl (C=O) groups is 1. The minimum absolute atomic E-state index is 0. The van der Waals surface area contributed by atoms with Crippen molar-refractivity contribution < 1.29 is 4.79 Å². The van der Waals surface area contributed by atoms with Crippen LogP contribution in [0.4, 0.5) is 0 Å². The van der Waals surface area contributed by atoms with E-state index in [9.17, 15) is 4.79 Å². The summed E-state index contributed by atoms with van der Waals surface area (Å²) in [7, 11) is 1.92. The zero-order chi connectivity index (χ0) is 14.1. The monoisotopic (exact) mass is 392 g/mol. The van der Waals surface area contributed by atoms with Crippen LogP contribution in [0.15, 0.2) is 15.9 Å². The standard InChI is InChI=1S/C15H21BrN2OS.ClH/c1-18(9-11-6-7-14(16)20-11)15(19)13-8-10-4-2-3-5-12(10)17-13;/h6-7,10,12-13,17H,2-5,8-9H2,1H3;1H. The van der Waals surface area contributed by atoms with Crippen molar-refractivity contribution >= 4 is 45.6 Å². The van der Waals surface area contributed by atoms with Gasteiger partial charge >= 0.3 is 0 Å². The summed E-state index contributed by atoms with van der Waals surface area (Å²) in [6.07, 6.45) is 6.22. The van der Waals surface area contributed by atoms with Crippen LogP contribution < -0.4 is 5.32 Å². The number of hydrogen-bond acceptors (Lipinski definition) is 3. The first-order valence-corrected chi connectivity index (χ1v) is 8.99. The van der Waals surface area contributed by atoms with Crippen LogP contribution in [0.2, 0.25) is 0 Å². The topological polar surface area (TPSA) is 32.3 Å². The summed E-state index contributed by atoms with van der Waals surface area (Å²) in [5, 5.41) is 3.57. The molecule has 2 aliphatic rings. The number of carbonyl (C=O) groups excluding carboxylic acids is 1. The van der Waals surface area contributed by atoms with Crippen molar-refractivity contribution in [2.45, 2.75) is 50.7 Å². The minimum Gasteiger partial charge on any atom is -0.339 e. The van der Waals surface area contributed by atoms with Crippen molar-refractivity contribution in [3.8, 4) is 0 Å². The Labute approximate surface area is 145 Å². The van der Waals surface area contributed by atoms with Gasteiger partial charge < -0.3 is 10.2 Å².